The molecule has 0 spiro atoms. The number of anilines is 1. The second-order valence-electron chi connectivity index (χ2n) is 6.39. The maximum atomic E-state index is 13.0. The van der Waals surface area contributed by atoms with Gasteiger partial charge in [-0.05, 0) is 29.8 Å². The van der Waals surface area contributed by atoms with Gasteiger partial charge in [-0.3, -0.25) is 4.90 Å². The van der Waals surface area contributed by atoms with E-state index in [1.165, 1.54) is 18.3 Å². The van der Waals surface area contributed by atoms with Gasteiger partial charge in [0.25, 0.3) is 0 Å². The Bertz CT molecular complexity index is 785. The summed E-state index contributed by atoms with van der Waals surface area (Å²) in [6.45, 7) is 2.98. The number of carboxylic acids is 1. The van der Waals surface area contributed by atoms with Gasteiger partial charge >= 0.3 is 5.97 Å². The summed E-state index contributed by atoms with van der Waals surface area (Å²) in [5.74, 6) is -0.508. The molecule has 0 radical (unpaired) electrons. The predicted octanol–water partition coefficient (Wildman–Crippen LogP) is 2.12. The van der Waals surface area contributed by atoms with Crippen LogP contribution >= 0.6 is 0 Å². The number of hydrogen-bond acceptors (Lipinski definition) is 5. The molecule has 27 heavy (non-hydrogen) atoms. The summed E-state index contributed by atoms with van der Waals surface area (Å²) < 4.78 is 13.0. The predicted molar refractivity (Wildman–Crippen MR) is 101 cm³/mol. The molecular weight excluding hydrogens is 349 g/mol. The molecule has 1 saturated heterocycles. The number of halogens is 1. The Kier molecular flexibility index (Phi) is 6.16. The van der Waals surface area contributed by atoms with Crippen molar-refractivity contribution in [3.05, 3.63) is 65.6 Å². The van der Waals surface area contributed by atoms with Crippen LogP contribution in [0, 0.1) is 5.82 Å². The lowest BCUT2D eigenvalue weighted by atomic mass is 10.1. The molecule has 142 valence electrons. The maximum absolute atomic E-state index is 13.0. The summed E-state index contributed by atoms with van der Waals surface area (Å²) in [4.78, 5) is 19.4. The number of aliphatic hydroxyl groups excluding tert-OH is 1. The Hall–Kier alpha value is -2.77. The van der Waals surface area contributed by atoms with Crippen LogP contribution in [0.4, 0.5) is 10.2 Å². The first-order chi connectivity index (χ1) is 13.1. The molecule has 0 saturated carbocycles. The zero-order valence-corrected chi connectivity index (χ0v) is 14.8. The number of pyridine rings is 1. The van der Waals surface area contributed by atoms with E-state index in [9.17, 15) is 14.3 Å². The number of aromatic carboxylic acids is 1. The van der Waals surface area contributed by atoms with E-state index < -0.39 is 5.97 Å². The van der Waals surface area contributed by atoms with Gasteiger partial charge in [-0.2, -0.15) is 0 Å². The Morgan fingerprint density at radius 2 is 1.85 bits per heavy atom. The molecule has 7 heteroatoms. The van der Waals surface area contributed by atoms with E-state index in [1.54, 1.807) is 24.3 Å². The van der Waals surface area contributed by atoms with Gasteiger partial charge < -0.3 is 15.1 Å². The minimum atomic E-state index is -0.988. The van der Waals surface area contributed by atoms with E-state index in [1.807, 2.05) is 12.2 Å². The summed E-state index contributed by atoms with van der Waals surface area (Å²) >= 11 is 0. The average molecular weight is 371 g/mol. The van der Waals surface area contributed by atoms with Gasteiger partial charge in [0, 0.05) is 32.4 Å². The van der Waals surface area contributed by atoms with Gasteiger partial charge in [0.1, 0.15) is 11.6 Å². The number of benzene rings is 1. The highest BCUT2D eigenvalue weighted by atomic mass is 19.1. The summed E-state index contributed by atoms with van der Waals surface area (Å²) in [5, 5.41) is 18.7. The first-order valence-electron chi connectivity index (χ1n) is 8.80. The Balaban J connectivity index is 1.58. The minimum Gasteiger partial charge on any atom is -0.478 e. The fraction of sp³-hybridized carbons (Fsp3) is 0.300. The monoisotopic (exact) mass is 371 g/mol. The topological polar surface area (TPSA) is 76.9 Å². The van der Waals surface area contributed by atoms with Crippen molar-refractivity contribution in [2.45, 2.75) is 6.04 Å². The van der Waals surface area contributed by atoms with Crippen LogP contribution in [0.1, 0.15) is 15.9 Å². The third-order valence-corrected chi connectivity index (χ3v) is 4.67. The van der Waals surface area contributed by atoms with Crippen molar-refractivity contribution in [2.75, 3.05) is 37.7 Å². The van der Waals surface area contributed by atoms with Gasteiger partial charge in [0.2, 0.25) is 0 Å². The van der Waals surface area contributed by atoms with Crippen LogP contribution in [-0.2, 0) is 0 Å². The summed E-state index contributed by atoms with van der Waals surface area (Å²) in [6.07, 6.45) is 5.19. The molecule has 1 unspecified atom stereocenters. The highest BCUT2D eigenvalue weighted by molar-refractivity contribution is 5.87. The van der Waals surface area contributed by atoms with Gasteiger partial charge in [0.15, 0.2) is 0 Å². The molecule has 0 amide bonds. The summed E-state index contributed by atoms with van der Waals surface area (Å²) in [5.41, 5.74) is 1.06. The smallest absolute Gasteiger partial charge is 0.337 e. The molecule has 2 aromatic rings. The number of aromatic nitrogens is 1. The zero-order chi connectivity index (χ0) is 19.2. The van der Waals surface area contributed by atoms with Crippen LogP contribution in [0.15, 0.2) is 48.7 Å². The number of hydrogen-bond donors (Lipinski definition) is 2. The summed E-state index contributed by atoms with van der Waals surface area (Å²) in [6, 6.07) is 9.38. The molecule has 2 N–H and O–H groups in total. The average Bonchev–Trinajstić information content (AvgIpc) is 2.70. The van der Waals surface area contributed by atoms with Crippen molar-refractivity contribution < 1.29 is 19.4 Å². The van der Waals surface area contributed by atoms with Crippen LogP contribution < -0.4 is 4.90 Å². The van der Waals surface area contributed by atoms with Crippen molar-refractivity contribution in [3.8, 4) is 0 Å². The molecule has 1 aliphatic heterocycles. The highest BCUT2D eigenvalue weighted by Crippen LogP contribution is 2.16. The third-order valence-electron chi connectivity index (χ3n) is 4.67. The van der Waals surface area contributed by atoms with Crippen LogP contribution in [0.5, 0.6) is 0 Å². The number of carboxylic acid groups (broad SMARTS) is 1. The van der Waals surface area contributed by atoms with Gasteiger partial charge in [0.05, 0.1) is 18.2 Å². The second-order valence-corrected chi connectivity index (χ2v) is 6.39. The lowest BCUT2D eigenvalue weighted by Crippen LogP contribution is -2.51. The van der Waals surface area contributed by atoms with Gasteiger partial charge in [-0.25, -0.2) is 14.2 Å². The normalized spacial score (nSPS) is 16.6. The molecule has 6 nitrogen and oxygen atoms in total. The highest BCUT2D eigenvalue weighted by Gasteiger charge is 2.22. The van der Waals surface area contributed by atoms with Crippen molar-refractivity contribution in [3.63, 3.8) is 0 Å². The Labute approximate surface area is 157 Å². The molecule has 1 fully saturated rings. The fourth-order valence-electron chi connectivity index (χ4n) is 3.08. The molecule has 1 aliphatic rings. The van der Waals surface area contributed by atoms with E-state index in [2.05, 4.69) is 14.8 Å². The number of aliphatic hydroxyl groups is 1. The molecule has 3 rings (SSSR count). The van der Waals surface area contributed by atoms with E-state index in [4.69, 9.17) is 5.11 Å². The molecule has 0 bridgehead atoms. The quantitative estimate of drug-likeness (QED) is 0.810. The molecule has 2 heterocycles. The van der Waals surface area contributed by atoms with Crippen LogP contribution in [0.3, 0.4) is 0 Å². The largest absolute Gasteiger partial charge is 0.478 e. The van der Waals surface area contributed by atoms with Crippen molar-refractivity contribution in [2.24, 2.45) is 0 Å². The Morgan fingerprint density at radius 3 is 2.41 bits per heavy atom. The first-order valence-corrected chi connectivity index (χ1v) is 8.80. The van der Waals surface area contributed by atoms with Crippen LogP contribution in [-0.4, -0.2) is 64.9 Å². The van der Waals surface area contributed by atoms with Gasteiger partial charge in [-0.15, -0.1) is 0 Å². The van der Waals surface area contributed by atoms with Gasteiger partial charge in [-0.1, -0.05) is 24.3 Å². The summed E-state index contributed by atoms with van der Waals surface area (Å²) in [7, 11) is 0. The molecule has 0 aliphatic carbocycles. The standard InChI is InChI=1S/C20H22FN3O3/c21-17-5-1-15(2-6-17)3-7-18(14-25)23-9-11-24(12-10-23)19-8-4-16(13-22-19)20(26)27/h1-8,13,18,25H,9-12,14H2,(H,26,27)/b7-3+. The third kappa shape index (κ3) is 4.90. The van der Waals surface area contributed by atoms with Crippen LogP contribution in [0.2, 0.25) is 0 Å². The van der Waals surface area contributed by atoms with E-state index in [0.29, 0.717) is 0 Å². The second kappa shape index (κ2) is 8.75. The number of nitrogens with zero attached hydrogens (tertiary/aromatic N) is 3. The lowest BCUT2D eigenvalue weighted by Gasteiger charge is -2.38. The zero-order valence-electron chi connectivity index (χ0n) is 14.8. The maximum Gasteiger partial charge on any atom is 0.337 e. The fourth-order valence-corrected chi connectivity index (χ4v) is 3.08. The molecule has 1 aromatic carbocycles. The van der Waals surface area contributed by atoms with E-state index in [0.717, 1.165) is 37.6 Å². The van der Waals surface area contributed by atoms with E-state index in [-0.39, 0.29) is 24.0 Å². The van der Waals surface area contributed by atoms with Crippen molar-refractivity contribution >= 4 is 17.9 Å². The SMILES string of the molecule is O=C(O)c1ccc(N2CCN(C(/C=C/c3ccc(F)cc3)CO)CC2)nc1. The first kappa shape index (κ1) is 19.0. The molecule has 1 atom stereocenters. The van der Waals surface area contributed by atoms with E-state index >= 15 is 0 Å². The minimum absolute atomic E-state index is 0.00323. The lowest BCUT2D eigenvalue weighted by molar-refractivity contribution is 0.0696. The number of carbonyl (C=O) groups is 1. The molecule has 1 aromatic heterocycles. The van der Waals surface area contributed by atoms with Crippen molar-refractivity contribution in [1.82, 2.24) is 9.88 Å². The van der Waals surface area contributed by atoms with Crippen LogP contribution in [0.25, 0.3) is 6.08 Å². The van der Waals surface area contributed by atoms with Crippen molar-refractivity contribution in [1.29, 1.82) is 0 Å². The number of piperazine rings is 1. The molecular formula is C20H22FN3O3. The Morgan fingerprint density at radius 1 is 1.15 bits per heavy atom. The number of rotatable bonds is 6.